The molecule has 0 aromatic heterocycles. The topological polar surface area (TPSA) is 55.4 Å². The molecule has 21 heavy (non-hydrogen) atoms. The van der Waals surface area contributed by atoms with Gasteiger partial charge in [0.1, 0.15) is 11.8 Å². The lowest BCUT2D eigenvalue weighted by Crippen LogP contribution is -2.36. The van der Waals surface area contributed by atoms with Crippen LogP contribution in [0.5, 0.6) is 0 Å². The summed E-state index contributed by atoms with van der Waals surface area (Å²) in [5.41, 5.74) is 0.972. The fourth-order valence-electron chi connectivity index (χ4n) is 2.45. The molecule has 2 aromatic rings. The molecule has 4 heteroatoms. The van der Waals surface area contributed by atoms with E-state index in [1.54, 1.807) is 0 Å². The van der Waals surface area contributed by atoms with Crippen molar-refractivity contribution in [2.24, 2.45) is 0 Å². The Balaban J connectivity index is 1.84. The van der Waals surface area contributed by atoms with Crippen molar-refractivity contribution in [3.8, 4) is 0 Å². The van der Waals surface area contributed by atoms with E-state index < -0.39 is 12.0 Å². The number of cyclic esters (lactones) is 1. The van der Waals surface area contributed by atoms with Crippen LogP contribution in [0.3, 0.4) is 0 Å². The standard InChI is InChI=1S/C17H15NO3/c1-11(19)18-16-10-15(21-17(16)20)9-12-6-7-13-4-2-3-5-14(13)8-12/h2-9,16H,10H2,1H3,(H,18,19)/b15-9-. The summed E-state index contributed by atoms with van der Waals surface area (Å²) < 4.78 is 5.20. The molecule has 3 rings (SSSR count). The molecule has 1 unspecified atom stereocenters. The number of ether oxygens (including phenoxy) is 1. The lowest BCUT2D eigenvalue weighted by Gasteiger charge is -2.03. The van der Waals surface area contributed by atoms with Gasteiger partial charge in [0.25, 0.3) is 0 Å². The number of hydrogen-bond acceptors (Lipinski definition) is 3. The number of fused-ring (bicyclic) bond motifs is 1. The van der Waals surface area contributed by atoms with Crippen molar-refractivity contribution in [2.45, 2.75) is 19.4 Å². The number of rotatable bonds is 2. The van der Waals surface area contributed by atoms with E-state index in [-0.39, 0.29) is 5.91 Å². The van der Waals surface area contributed by atoms with E-state index in [4.69, 9.17) is 4.74 Å². The van der Waals surface area contributed by atoms with Gasteiger partial charge in [-0.15, -0.1) is 0 Å². The lowest BCUT2D eigenvalue weighted by atomic mass is 10.1. The number of carbonyl (C=O) groups is 2. The van der Waals surface area contributed by atoms with Gasteiger partial charge in [0.2, 0.25) is 5.91 Å². The minimum atomic E-state index is -0.575. The van der Waals surface area contributed by atoms with Gasteiger partial charge in [0.05, 0.1) is 0 Å². The van der Waals surface area contributed by atoms with Crippen LogP contribution < -0.4 is 5.32 Å². The molecule has 0 radical (unpaired) electrons. The van der Waals surface area contributed by atoms with Crippen LogP contribution in [0.15, 0.2) is 48.2 Å². The van der Waals surface area contributed by atoms with Crippen molar-refractivity contribution in [1.29, 1.82) is 0 Å². The molecular weight excluding hydrogens is 266 g/mol. The Bertz CT molecular complexity index is 749. The summed E-state index contributed by atoms with van der Waals surface area (Å²) in [5.74, 6) is -0.0600. The second-order valence-corrected chi connectivity index (χ2v) is 5.10. The molecular formula is C17H15NO3. The first kappa shape index (κ1) is 13.4. The van der Waals surface area contributed by atoms with Crippen LogP contribution in [-0.2, 0) is 14.3 Å². The second-order valence-electron chi connectivity index (χ2n) is 5.10. The molecule has 106 valence electrons. The second kappa shape index (κ2) is 5.40. The third kappa shape index (κ3) is 2.94. The predicted molar refractivity (Wildman–Crippen MR) is 80.2 cm³/mol. The smallest absolute Gasteiger partial charge is 0.334 e. The molecule has 0 bridgehead atoms. The summed E-state index contributed by atoms with van der Waals surface area (Å²) in [7, 11) is 0. The maximum atomic E-state index is 11.6. The monoisotopic (exact) mass is 281 g/mol. The number of carbonyl (C=O) groups excluding carboxylic acids is 2. The van der Waals surface area contributed by atoms with Crippen molar-refractivity contribution in [3.63, 3.8) is 0 Å². The zero-order valence-corrected chi connectivity index (χ0v) is 11.6. The summed E-state index contributed by atoms with van der Waals surface area (Å²) in [5, 5.41) is 4.88. The SMILES string of the molecule is CC(=O)NC1C/C(=C/c2ccc3ccccc3c2)OC1=O. The molecule has 1 aliphatic rings. The van der Waals surface area contributed by atoms with Gasteiger partial charge in [-0.05, 0) is 28.5 Å². The van der Waals surface area contributed by atoms with E-state index >= 15 is 0 Å². The van der Waals surface area contributed by atoms with Crippen molar-refractivity contribution < 1.29 is 14.3 Å². The normalized spacial score (nSPS) is 19.8. The summed E-state index contributed by atoms with van der Waals surface area (Å²) in [6.07, 6.45) is 2.23. The van der Waals surface area contributed by atoms with Gasteiger partial charge in [0, 0.05) is 13.3 Å². The molecule has 1 heterocycles. The van der Waals surface area contributed by atoms with Gasteiger partial charge in [-0.2, -0.15) is 0 Å². The van der Waals surface area contributed by atoms with Crippen LogP contribution in [0.1, 0.15) is 18.9 Å². The molecule has 0 saturated carbocycles. The Morgan fingerprint density at radius 3 is 2.76 bits per heavy atom. The Hall–Kier alpha value is -2.62. The average molecular weight is 281 g/mol. The minimum Gasteiger partial charge on any atom is -0.429 e. The van der Waals surface area contributed by atoms with Gasteiger partial charge >= 0.3 is 5.97 Å². The predicted octanol–water partition coefficient (Wildman–Crippen LogP) is 2.63. The third-order valence-electron chi connectivity index (χ3n) is 3.40. The van der Waals surface area contributed by atoms with Crippen molar-refractivity contribution in [1.82, 2.24) is 5.32 Å². The van der Waals surface area contributed by atoms with E-state index in [9.17, 15) is 9.59 Å². The molecule has 1 saturated heterocycles. The van der Waals surface area contributed by atoms with Gasteiger partial charge in [-0.3, -0.25) is 4.79 Å². The summed E-state index contributed by atoms with van der Waals surface area (Å²) in [6.45, 7) is 1.39. The number of hydrogen-bond donors (Lipinski definition) is 1. The van der Waals surface area contributed by atoms with Crippen molar-refractivity contribution >= 4 is 28.7 Å². The highest BCUT2D eigenvalue weighted by Crippen LogP contribution is 2.23. The average Bonchev–Trinajstić information content (AvgIpc) is 2.78. The van der Waals surface area contributed by atoms with Crippen LogP contribution >= 0.6 is 0 Å². The third-order valence-corrected chi connectivity index (χ3v) is 3.40. The summed E-state index contributed by atoms with van der Waals surface area (Å²) in [6, 6.07) is 13.6. The van der Waals surface area contributed by atoms with Crippen LogP contribution in [0, 0.1) is 0 Å². The maximum absolute atomic E-state index is 11.6. The highest BCUT2D eigenvalue weighted by Gasteiger charge is 2.31. The van der Waals surface area contributed by atoms with Gasteiger partial charge in [0.15, 0.2) is 0 Å². The molecule has 2 aromatic carbocycles. The fraction of sp³-hybridized carbons (Fsp3) is 0.176. The van der Waals surface area contributed by atoms with Gasteiger partial charge in [-0.25, -0.2) is 4.79 Å². The molecule has 1 aliphatic heterocycles. The summed E-state index contributed by atoms with van der Waals surface area (Å²) in [4.78, 5) is 22.7. The fourth-order valence-corrected chi connectivity index (χ4v) is 2.45. The van der Waals surface area contributed by atoms with E-state index in [2.05, 4.69) is 11.4 Å². The van der Waals surface area contributed by atoms with Crippen LogP contribution in [0.2, 0.25) is 0 Å². The Morgan fingerprint density at radius 2 is 2.00 bits per heavy atom. The first-order valence-corrected chi connectivity index (χ1v) is 6.80. The molecule has 0 spiro atoms. The van der Waals surface area contributed by atoms with Gasteiger partial charge in [-0.1, -0.05) is 36.4 Å². The zero-order chi connectivity index (χ0) is 14.8. The first-order valence-electron chi connectivity index (χ1n) is 6.80. The molecule has 1 amide bonds. The number of esters is 1. The Morgan fingerprint density at radius 1 is 1.24 bits per heavy atom. The quantitative estimate of drug-likeness (QED) is 0.861. The van der Waals surface area contributed by atoms with E-state index in [1.165, 1.54) is 12.3 Å². The first-order chi connectivity index (χ1) is 10.1. The maximum Gasteiger partial charge on any atom is 0.334 e. The van der Waals surface area contributed by atoms with Crippen LogP contribution in [0.25, 0.3) is 16.8 Å². The van der Waals surface area contributed by atoms with Gasteiger partial charge < -0.3 is 10.1 Å². The highest BCUT2D eigenvalue weighted by atomic mass is 16.5. The van der Waals surface area contributed by atoms with E-state index in [1.807, 2.05) is 42.5 Å². The number of amides is 1. The minimum absolute atomic E-state index is 0.232. The largest absolute Gasteiger partial charge is 0.429 e. The Kier molecular flexibility index (Phi) is 3.44. The highest BCUT2D eigenvalue weighted by molar-refractivity contribution is 5.88. The van der Waals surface area contributed by atoms with Crippen LogP contribution in [0.4, 0.5) is 0 Å². The Labute approximate surface area is 122 Å². The zero-order valence-electron chi connectivity index (χ0n) is 11.6. The van der Waals surface area contributed by atoms with E-state index in [0.717, 1.165) is 10.9 Å². The lowest BCUT2D eigenvalue weighted by molar-refractivity contribution is -0.139. The number of benzene rings is 2. The molecule has 1 fully saturated rings. The molecule has 4 nitrogen and oxygen atoms in total. The van der Waals surface area contributed by atoms with E-state index in [0.29, 0.717) is 12.2 Å². The van der Waals surface area contributed by atoms with Crippen LogP contribution in [-0.4, -0.2) is 17.9 Å². The number of nitrogens with one attached hydrogen (secondary N) is 1. The molecule has 1 N–H and O–H groups in total. The molecule has 0 aliphatic carbocycles. The molecule has 1 atom stereocenters. The van der Waals surface area contributed by atoms with Crippen molar-refractivity contribution in [3.05, 3.63) is 53.8 Å². The summed E-state index contributed by atoms with van der Waals surface area (Å²) >= 11 is 0. The van der Waals surface area contributed by atoms with Crippen molar-refractivity contribution in [2.75, 3.05) is 0 Å².